The first kappa shape index (κ1) is 20.8. The Morgan fingerprint density at radius 3 is 2.46 bits per heavy atom. The van der Waals surface area contributed by atoms with Crippen molar-refractivity contribution in [1.82, 2.24) is 5.32 Å². The highest BCUT2D eigenvalue weighted by Gasteiger charge is 2.33. The molecule has 28 heavy (non-hydrogen) atoms. The van der Waals surface area contributed by atoms with Crippen LogP contribution in [0.3, 0.4) is 0 Å². The first-order valence-electron chi connectivity index (χ1n) is 8.15. The van der Waals surface area contributed by atoms with E-state index < -0.39 is 29.4 Å². The molecular weight excluding hydrogens is 375 g/mol. The lowest BCUT2D eigenvalue weighted by Gasteiger charge is -2.10. The summed E-state index contributed by atoms with van der Waals surface area (Å²) in [5.74, 6) is 3.43. The predicted molar refractivity (Wildman–Crippen MR) is 94.5 cm³/mol. The number of carboxylic acid groups (broad SMARTS) is 1. The molecule has 2 rings (SSSR count). The standard InChI is InChI=1S/C20H16F3NO4/c21-20(22,23)17-12-16(18(25)26)10-9-15(17)8-4-5-11-24-19(27)28-13-14-6-2-1-3-7-14/h1-3,6-7,9-10,12H,5,11,13H2,(H,24,27)(H,25,26). The number of carboxylic acids is 1. The Hall–Kier alpha value is -3.47. The minimum absolute atomic E-state index is 0.0924. The second-order valence-corrected chi connectivity index (χ2v) is 5.60. The number of aromatic carboxylic acids is 1. The Kier molecular flexibility index (Phi) is 7.04. The fourth-order valence-electron chi connectivity index (χ4n) is 2.18. The summed E-state index contributed by atoms with van der Waals surface area (Å²) in [6, 6.07) is 11.7. The van der Waals surface area contributed by atoms with Crippen molar-refractivity contribution in [3.63, 3.8) is 0 Å². The Labute approximate surface area is 159 Å². The molecule has 146 valence electrons. The Morgan fingerprint density at radius 2 is 1.82 bits per heavy atom. The summed E-state index contributed by atoms with van der Waals surface area (Å²) >= 11 is 0. The number of carbonyl (C=O) groups is 2. The van der Waals surface area contributed by atoms with E-state index in [1.807, 2.05) is 18.2 Å². The number of hydrogen-bond donors (Lipinski definition) is 2. The first-order chi connectivity index (χ1) is 13.3. The summed E-state index contributed by atoms with van der Waals surface area (Å²) in [5, 5.41) is 11.3. The lowest BCUT2D eigenvalue weighted by atomic mass is 10.0. The fourth-order valence-corrected chi connectivity index (χ4v) is 2.18. The van der Waals surface area contributed by atoms with Gasteiger partial charge in [-0.15, -0.1) is 0 Å². The van der Waals surface area contributed by atoms with Crippen LogP contribution >= 0.6 is 0 Å². The van der Waals surface area contributed by atoms with Gasteiger partial charge in [-0.1, -0.05) is 42.2 Å². The highest BCUT2D eigenvalue weighted by molar-refractivity contribution is 5.88. The molecule has 0 unspecified atom stereocenters. The normalized spacial score (nSPS) is 10.5. The molecule has 0 heterocycles. The van der Waals surface area contributed by atoms with Crippen LogP contribution in [0.15, 0.2) is 48.5 Å². The van der Waals surface area contributed by atoms with Gasteiger partial charge in [0.2, 0.25) is 0 Å². The van der Waals surface area contributed by atoms with E-state index in [1.54, 1.807) is 12.1 Å². The van der Waals surface area contributed by atoms with Crippen molar-refractivity contribution in [3.05, 3.63) is 70.8 Å². The maximum atomic E-state index is 13.1. The van der Waals surface area contributed by atoms with Gasteiger partial charge in [0.25, 0.3) is 0 Å². The van der Waals surface area contributed by atoms with E-state index in [4.69, 9.17) is 9.84 Å². The van der Waals surface area contributed by atoms with Crippen molar-refractivity contribution in [2.45, 2.75) is 19.2 Å². The molecule has 2 aromatic rings. The lowest BCUT2D eigenvalue weighted by molar-refractivity contribution is -0.137. The van der Waals surface area contributed by atoms with Crippen LogP contribution in [0.1, 0.15) is 33.5 Å². The van der Waals surface area contributed by atoms with Gasteiger partial charge in [-0.3, -0.25) is 0 Å². The predicted octanol–water partition coefficient (Wildman–Crippen LogP) is 4.07. The third-order valence-corrected chi connectivity index (χ3v) is 3.53. The van der Waals surface area contributed by atoms with Gasteiger partial charge >= 0.3 is 18.2 Å². The van der Waals surface area contributed by atoms with Crippen LogP contribution in [0, 0.1) is 11.8 Å². The van der Waals surface area contributed by atoms with Gasteiger partial charge in [-0.2, -0.15) is 13.2 Å². The number of rotatable bonds is 5. The molecule has 0 bridgehead atoms. The van der Waals surface area contributed by atoms with Crippen LogP contribution in [0.5, 0.6) is 0 Å². The number of alkyl halides is 3. The highest BCUT2D eigenvalue weighted by Crippen LogP contribution is 2.32. The molecule has 0 saturated heterocycles. The molecule has 5 nitrogen and oxygen atoms in total. The van der Waals surface area contributed by atoms with Gasteiger partial charge in [0.1, 0.15) is 6.61 Å². The Bertz CT molecular complexity index is 899. The molecule has 0 aromatic heterocycles. The quantitative estimate of drug-likeness (QED) is 0.595. The smallest absolute Gasteiger partial charge is 0.417 e. The van der Waals surface area contributed by atoms with Crippen LogP contribution in [-0.2, 0) is 17.5 Å². The van der Waals surface area contributed by atoms with Crippen molar-refractivity contribution in [1.29, 1.82) is 0 Å². The summed E-state index contributed by atoms with van der Waals surface area (Å²) in [6.45, 7) is 0.193. The van der Waals surface area contributed by atoms with Gasteiger partial charge in [0, 0.05) is 18.5 Å². The summed E-state index contributed by atoms with van der Waals surface area (Å²) in [6.07, 6.45) is -5.29. The van der Waals surface area contributed by atoms with E-state index in [0.29, 0.717) is 6.07 Å². The Balaban J connectivity index is 1.88. The third-order valence-electron chi connectivity index (χ3n) is 3.53. The van der Waals surface area contributed by atoms with Gasteiger partial charge in [-0.25, -0.2) is 9.59 Å². The van der Waals surface area contributed by atoms with Crippen LogP contribution in [0.2, 0.25) is 0 Å². The molecule has 8 heteroatoms. The first-order valence-corrected chi connectivity index (χ1v) is 8.15. The zero-order valence-corrected chi connectivity index (χ0v) is 14.5. The molecule has 0 spiro atoms. The minimum Gasteiger partial charge on any atom is -0.478 e. The zero-order chi connectivity index (χ0) is 20.6. The van der Waals surface area contributed by atoms with E-state index in [-0.39, 0.29) is 25.1 Å². The van der Waals surface area contributed by atoms with E-state index in [2.05, 4.69) is 17.2 Å². The molecule has 0 saturated carbocycles. The maximum Gasteiger partial charge on any atom is 0.417 e. The lowest BCUT2D eigenvalue weighted by Crippen LogP contribution is -2.24. The van der Waals surface area contributed by atoms with E-state index in [9.17, 15) is 22.8 Å². The minimum atomic E-state index is -4.73. The molecule has 2 aromatic carbocycles. The number of carbonyl (C=O) groups excluding carboxylic acids is 1. The second-order valence-electron chi connectivity index (χ2n) is 5.60. The van der Waals surface area contributed by atoms with Gasteiger partial charge < -0.3 is 15.2 Å². The monoisotopic (exact) mass is 391 g/mol. The van der Waals surface area contributed by atoms with Crippen molar-refractivity contribution in [2.75, 3.05) is 6.54 Å². The maximum absolute atomic E-state index is 13.1. The van der Waals surface area contributed by atoms with Crippen molar-refractivity contribution >= 4 is 12.1 Å². The number of nitrogens with one attached hydrogen (secondary N) is 1. The molecule has 2 N–H and O–H groups in total. The average Bonchev–Trinajstić information content (AvgIpc) is 2.66. The summed E-state index contributed by atoms with van der Waals surface area (Å²) in [7, 11) is 0. The molecule has 1 amide bonds. The SMILES string of the molecule is O=C(NCCC#Cc1ccc(C(=O)O)cc1C(F)(F)F)OCc1ccccc1. The molecule has 0 atom stereocenters. The molecule has 0 aliphatic carbocycles. The summed E-state index contributed by atoms with van der Waals surface area (Å²) < 4.78 is 44.2. The van der Waals surface area contributed by atoms with Gasteiger partial charge in [0.05, 0.1) is 11.1 Å². The third kappa shape index (κ3) is 6.36. The summed E-state index contributed by atoms with van der Waals surface area (Å²) in [4.78, 5) is 22.4. The number of amides is 1. The Morgan fingerprint density at radius 1 is 1.11 bits per heavy atom. The fraction of sp³-hybridized carbons (Fsp3) is 0.200. The molecule has 0 aliphatic heterocycles. The van der Waals surface area contributed by atoms with Crippen molar-refractivity contribution in [3.8, 4) is 11.8 Å². The van der Waals surface area contributed by atoms with Gasteiger partial charge in [0.15, 0.2) is 0 Å². The topological polar surface area (TPSA) is 75.6 Å². The molecule has 0 radical (unpaired) electrons. The van der Waals surface area contributed by atoms with Gasteiger partial charge in [-0.05, 0) is 23.8 Å². The number of benzene rings is 2. The zero-order valence-electron chi connectivity index (χ0n) is 14.5. The van der Waals surface area contributed by atoms with Crippen LogP contribution in [-0.4, -0.2) is 23.7 Å². The van der Waals surface area contributed by atoms with Crippen LogP contribution in [0.25, 0.3) is 0 Å². The molecular formula is C20H16F3NO4. The number of alkyl carbamates (subject to hydrolysis) is 1. The van der Waals surface area contributed by atoms with Crippen LogP contribution in [0.4, 0.5) is 18.0 Å². The van der Waals surface area contributed by atoms with E-state index in [0.717, 1.165) is 17.7 Å². The number of hydrogen-bond acceptors (Lipinski definition) is 3. The van der Waals surface area contributed by atoms with Crippen molar-refractivity contribution < 1.29 is 32.6 Å². The van der Waals surface area contributed by atoms with Crippen molar-refractivity contribution in [2.24, 2.45) is 0 Å². The largest absolute Gasteiger partial charge is 0.478 e. The summed E-state index contributed by atoms with van der Waals surface area (Å²) in [5.41, 5.74) is -1.10. The molecule has 0 aliphatic rings. The van der Waals surface area contributed by atoms with Crippen LogP contribution < -0.4 is 5.32 Å². The number of halogens is 3. The molecule has 0 fully saturated rings. The second kappa shape index (κ2) is 9.46. The highest BCUT2D eigenvalue weighted by atomic mass is 19.4. The van der Waals surface area contributed by atoms with E-state index >= 15 is 0 Å². The van der Waals surface area contributed by atoms with E-state index in [1.165, 1.54) is 0 Å². The average molecular weight is 391 g/mol. The number of ether oxygens (including phenoxy) is 1.